The Morgan fingerprint density at radius 2 is 1.77 bits per heavy atom. The van der Waals surface area contributed by atoms with Gasteiger partial charge >= 0.3 is 0 Å². The molecule has 0 saturated carbocycles. The molecule has 1 aliphatic heterocycles. The van der Waals surface area contributed by atoms with Crippen LogP contribution in [-0.2, 0) is 19.5 Å². The van der Waals surface area contributed by atoms with Gasteiger partial charge in [0.1, 0.15) is 0 Å². The fourth-order valence-corrected chi connectivity index (χ4v) is 4.39. The van der Waals surface area contributed by atoms with Crippen LogP contribution >= 0.6 is 11.3 Å². The Labute approximate surface area is 185 Å². The summed E-state index contributed by atoms with van der Waals surface area (Å²) in [6.07, 6.45) is 0.921. The molecule has 1 aliphatic rings. The molecule has 0 bridgehead atoms. The summed E-state index contributed by atoms with van der Waals surface area (Å²) in [5.41, 5.74) is 3.76. The highest BCUT2D eigenvalue weighted by molar-refractivity contribution is 7.11. The maximum absolute atomic E-state index is 4.75. The smallest absolute Gasteiger partial charge is 0.191 e. The second-order valence-corrected chi connectivity index (χ2v) is 9.30. The topological polar surface area (TPSA) is 55.8 Å². The third-order valence-electron chi connectivity index (χ3n) is 5.49. The van der Waals surface area contributed by atoms with E-state index < -0.39 is 0 Å². The number of aromatic nitrogens is 1. The molecule has 7 heteroatoms. The summed E-state index contributed by atoms with van der Waals surface area (Å²) >= 11 is 1.79. The summed E-state index contributed by atoms with van der Waals surface area (Å²) in [5.74, 6) is 0.865. The van der Waals surface area contributed by atoms with E-state index in [1.807, 2.05) is 0 Å². The van der Waals surface area contributed by atoms with Gasteiger partial charge in [0.25, 0.3) is 0 Å². The zero-order valence-electron chi connectivity index (χ0n) is 18.9. The summed E-state index contributed by atoms with van der Waals surface area (Å²) in [7, 11) is 2.20. The molecule has 2 N–H and O–H groups in total. The molecule has 1 fully saturated rings. The number of rotatable bonds is 8. The quantitative estimate of drug-likeness (QED) is 0.500. The van der Waals surface area contributed by atoms with Gasteiger partial charge in [0.2, 0.25) is 0 Å². The van der Waals surface area contributed by atoms with Gasteiger partial charge in [0.05, 0.1) is 17.2 Å². The first kappa shape index (κ1) is 22.7. The predicted molar refractivity (Wildman–Crippen MR) is 127 cm³/mol. The van der Waals surface area contributed by atoms with Crippen LogP contribution in [0.3, 0.4) is 0 Å². The molecule has 0 spiro atoms. The molecule has 2 heterocycles. The molecular formula is C23H36N6S. The standard InChI is InChI=1S/C23H36N6S/c1-5-24-23(25-11-10-22-27-18(2)19(3)30-22)26-16-20-6-8-21(9-7-20)17-29-14-12-28(4)13-15-29/h6-9H,5,10-17H2,1-4H3,(H2,24,25,26). The van der Waals surface area contributed by atoms with Gasteiger partial charge < -0.3 is 15.5 Å². The van der Waals surface area contributed by atoms with Crippen molar-refractivity contribution in [2.24, 2.45) is 4.99 Å². The molecule has 0 aliphatic carbocycles. The zero-order chi connectivity index (χ0) is 21.3. The van der Waals surface area contributed by atoms with Gasteiger partial charge in [-0.25, -0.2) is 9.98 Å². The molecule has 0 radical (unpaired) electrons. The average molecular weight is 429 g/mol. The zero-order valence-corrected chi connectivity index (χ0v) is 19.7. The minimum Gasteiger partial charge on any atom is -0.357 e. The number of likely N-dealkylation sites (N-methyl/N-ethyl adjacent to an activating group) is 1. The van der Waals surface area contributed by atoms with Gasteiger partial charge in [-0.1, -0.05) is 24.3 Å². The van der Waals surface area contributed by atoms with Crippen molar-refractivity contribution in [1.29, 1.82) is 0 Å². The molecule has 1 aromatic carbocycles. The lowest BCUT2D eigenvalue weighted by Crippen LogP contribution is -2.43. The highest BCUT2D eigenvalue weighted by atomic mass is 32.1. The van der Waals surface area contributed by atoms with Crippen LogP contribution in [0, 0.1) is 13.8 Å². The minimum absolute atomic E-state index is 0.680. The van der Waals surface area contributed by atoms with Crippen molar-refractivity contribution in [3.8, 4) is 0 Å². The third-order valence-corrected chi connectivity index (χ3v) is 6.63. The highest BCUT2D eigenvalue weighted by Gasteiger charge is 2.13. The molecule has 30 heavy (non-hydrogen) atoms. The molecular weight excluding hydrogens is 392 g/mol. The van der Waals surface area contributed by atoms with Crippen LogP contribution < -0.4 is 10.6 Å². The summed E-state index contributed by atoms with van der Waals surface area (Å²) in [6, 6.07) is 8.91. The lowest BCUT2D eigenvalue weighted by atomic mass is 10.1. The number of piperazine rings is 1. The van der Waals surface area contributed by atoms with E-state index in [-0.39, 0.29) is 0 Å². The Hall–Kier alpha value is -1.96. The minimum atomic E-state index is 0.680. The lowest BCUT2D eigenvalue weighted by Gasteiger charge is -2.32. The fourth-order valence-electron chi connectivity index (χ4n) is 3.46. The van der Waals surface area contributed by atoms with Crippen molar-refractivity contribution in [2.75, 3.05) is 46.3 Å². The molecule has 6 nitrogen and oxygen atoms in total. The number of benzene rings is 1. The molecule has 164 valence electrons. The maximum Gasteiger partial charge on any atom is 0.191 e. The number of hydrogen-bond acceptors (Lipinski definition) is 5. The number of thiazole rings is 1. The first-order valence-electron chi connectivity index (χ1n) is 11.0. The number of nitrogens with one attached hydrogen (secondary N) is 2. The van der Waals surface area contributed by atoms with Crippen LogP contribution in [0.2, 0.25) is 0 Å². The Morgan fingerprint density at radius 1 is 1.07 bits per heavy atom. The van der Waals surface area contributed by atoms with E-state index in [0.717, 1.165) is 63.9 Å². The van der Waals surface area contributed by atoms with Crippen LogP contribution in [-0.4, -0.2) is 67.1 Å². The average Bonchev–Trinajstić information content (AvgIpc) is 3.06. The van der Waals surface area contributed by atoms with Crippen molar-refractivity contribution < 1.29 is 0 Å². The molecule has 1 saturated heterocycles. The second kappa shape index (κ2) is 11.4. The van der Waals surface area contributed by atoms with E-state index in [9.17, 15) is 0 Å². The fraction of sp³-hybridized carbons (Fsp3) is 0.565. The van der Waals surface area contributed by atoms with Gasteiger partial charge in [0.15, 0.2) is 5.96 Å². The van der Waals surface area contributed by atoms with Gasteiger partial charge in [-0.3, -0.25) is 4.90 Å². The van der Waals surface area contributed by atoms with Crippen LogP contribution in [0.5, 0.6) is 0 Å². The summed E-state index contributed by atoms with van der Waals surface area (Å²) in [6.45, 7) is 14.3. The van der Waals surface area contributed by atoms with Crippen LogP contribution in [0.4, 0.5) is 0 Å². The summed E-state index contributed by atoms with van der Waals surface area (Å²) in [4.78, 5) is 15.6. The first-order chi connectivity index (χ1) is 14.5. The maximum atomic E-state index is 4.75. The van der Waals surface area contributed by atoms with Crippen molar-refractivity contribution in [3.63, 3.8) is 0 Å². The largest absolute Gasteiger partial charge is 0.357 e. The van der Waals surface area contributed by atoms with Gasteiger partial charge in [-0.05, 0) is 38.9 Å². The Bertz CT molecular complexity index is 786. The first-order valence-corrected chi connectivity index (χ1v) is 11.8. The SMILES string of the molecule is CCNC(=NCc1ccc(CN2CCN(C)CC2)cc1)NCCc1nc(C)c(C)s1. The number of nitrogens with zero attached hydrogens (tertiary/aromatic N) is 4. The molecule has 0 amide bonds. The molecule has 3 rings (SSSR count). The normalized spacial score (nSPS) is 16.1. The van der Waals surface area contributed by atoms with E-state index in [2.05, 4.69) is 77.5 Å². The predicted octanol–water partition coefficient (Wildman–Crippen LogP) is 2.81. The van der Waals surface area contributed by atoms with Crippen LogP contribution in [0.25, 0.3) is 0 Å². The van der Waals surface area contributed by atoms with Crippen molar-refractivity contribution in [3.05, 3.63) is 51.0 Å². The molecule has 2 aromatic rings. The monoisotopic (exact) mass is 428 g/mol. The van der Waals surface area contributed by atoms with Gasteiger partial charge in [0, 0.05) is 57.1 Å². The van der Waals surface area contributed by atoms with E-state index >= 15 is 0 Å². The Balaban J connectivity index is 1.47. The molecule has 0 atom stereocenters. The summed E-state index contributed by atoms with van der Waals surface area (Å²) < 4.78 is 0. The van der Waals surface area contributed by atoms with Crippen molar-refractivity contribution in [1.82, 2.24) is 25.4 Å². The van der Waals surface area contributed by atoms with Gasteiger partial charge in [-0.15, -0.1) is 11.3 Å². The van der Waals surface area contributed by atoms with E-state index in [1.54, 1.807) is 11.3 Å². The second-order valence-electron chi connectivity index (χ2n) is 8.02. The highest BCUT2D eigenvalue weighted by Crippen LogP contribution is 2.16. The van der Waals surface area contributed by atoms with Crippen LogP contribution in [0.1, 0.15) is 33.6 Å². The van der Waals surface area contributed by atoms with E-state index in [1.165, 1.54) is 21.0 Å². The Kier molecular flexibility index (Phi) is 8.66. The molecule has 0 unspecified atom stereocenters. The third kappa shape index (κ3) is 7.07. The number of hydrogen-bond donors (Lipinski definition) is 2. The summed E-state index contributed by atoms with van der Waals surface area (Å²) in [5, 5.41) is 7.95. The van der Waals surface area contributed by atoms with Crippen molar-refractivity contribution in [2.45, 2.75) is 40.3 Å². The van der Waals surface area contributed by atoms with E-state index in [4.69, 9.17) is 4.99 Å². The van der Waals surface area contributed by atoms with Crippen molar-refractivity contribution >= 4 is 17.3 Å². The Morgan fingerprint density at radius 3 is 2.40 bits per heavy atom. The lowest BCUT2D eigenvalue weighted by molar-refractivity contribution is 0.148. The number of aliphatic imine (C=N–C) groups is 1. The van der Waals surface area contributed by atoms with Crippen LogP contribution in [0.15, 0.2) is 29.3 Å². The van der Waals surface area contributed by atoms with Gasteiger partial charge in [-0.2, -0.15) is 0 Å². The number of aryl methyl sites for hydroxylation is 2. The molecule has 1 aromatic heterocycles. The van der Waals surface area contributed by atoms with E-state index in [0.29, 0.717) is 6.54 Å². The number of guanidine groups is 1.